The van der Waals surface area contributed by atoms with Crippen LogP contribution in [0.5, 0.6) is 5.75 Å². The van der Waals surface area contributed by atoms with Gasteiger partial charge in [-0.05, 0) is 30.5 Å². The molecule has 0 bridgehead atoms. The number of rotatable bonds is 2. The molecule has 5 nitrogen and oxygen atoms in total. The van der Waals surface area contributed by atoms with Gasteiger partial charge in [-0.1, -0.05) is 12.1 Å². The first kappa shape index (κ1) is 12.2. The summed E-state index contributed by atoms with van der Waals surface area (Å²) in [5.41, 5.74) is 3.05. The topological polar surface area (TPSA) is 65.4 Å². The maximum atomic E-state index is 11.4. The Morgan fingerprint density at radius 3 is 2.50 bits per heavy atom. The van der Waals surface area contributed by atoms with Gasteiger partial charge < -0.3 is 10.1 Å². The van der Waals surface area contributed by atoms with Crippen LogP contribution in [0.25, 0.3) is 0 Å². The summed E-state index contributed by atoms with van der Waals surface area (Å²) in [6, 6.07) is 3.49. The Morgan fingerprint density at radius 1 is 1.44 bits per heavy atom. The van der Waals surface area contributed by atoms with E-state index < -0.39 is 0 Å². The first-order chi connectivity index (χ1) is 8.56. The van der Waals surface area contributed by atoms with Gasteiger partial charge in [-0.15, -0.1) is 0 Å². The number of aryl methyl sites for hydroxylation is 2. The molecule has 1 fully saturated rings. The van der Waals surface area contributed by atoms with Crippen molar-refractivity contribution in [3.05, 3.63) is 28.8 Å². The number of urea groups is 1. The van der Waals surface area contributed by atoms with Crippen LogP contribution in [0.4, 0.5) is 4.79 Å². The maximum Gasteiger partial charge on any atom is 0.331 e. The lowest BCUT2D eigenvalue weighted by atomic mass is 10.0. The number of hydrogen-bond acceptors (Lipinski definition) is 3. The Kier molecular flexibility index (Phi) is 3.11. The molecule has 18 heavy (non-hydrogen) atoms. The summed E-state index contributed by atoms with van der Waals surface area (Å²) in [5, 5.41) is 11.6. The van der Waals surface area contributed by atoms with E-state index in [1.54, 1.807) is 7.11 Å². The van der Waals surface area contributed by atoms with Gasteiger partial charge in [0.05, 0.1) is 19.7 Å². The highest BCUT2D eigenvalue weighted by molar-refractivity contribution is 5.78. The number of hydrogen-bond donors (Lipinski definition) is 1. The van der Waals surface area contributed by atoms with E-state index in [4.69, 9.17) is 10.00 Å². The van der Waals surface area contributed by atoms with Crippen LogP contribution in [0.3, 0.4) is 0 Å². The van der Waals surface area contributed by atoms with Gasteiger partial charge in [0.2, 0.25) is 0 Å². The van der Waals surface area contributed by atoms with Crippen molar-refractivity contribution in [2.24, 2.45) is 0 Å². The molecule has 2 amide bonds. The van der Waals surface area contributed by atoms with Crippen molar-refractivity contribution < 1.29 is 9.53 Å². The Hall–Kier alpha value is -2.22. The van der Waals surface area contributed by atoms with Crippen LogP contribution in [-0.4, -0.2) is 24.6 Å². The molecule has 1 aromatic rings. The molecule has 94 valence electrons. The Balaban J connectivity index is 2.31. The van der Waals surface area contributed by atoms with Crippen molar-refractivity contribution in [2.45, 2.75) is 19.9 Å². The molecule has 0 saturated carbocycles. The van der Waals surface area contributed by atoms with E-state index >= 15 is 0 Å². The normalized spacial score (nSPS) is 18.4. The molecule has 0 aromatic heterocycles. The third-order valence-corrected chi connectivity index (χ3v) is 3.12. The average molecular weight is 245 g/mol. The van der Waals surface area contributed by atoms with Gasteiger partial charge >= 0.3 is 6.03 Å². The molecule has 0 radical (unpaired) electrons. The van der Waals surface area contributed by atoms with Crippen LogP contribution in [0.1, 0.15) is 22.7 Å². The summed E-state index contributed by atoms with van der Waals surface area (Å²) >= 11 is 0. The van der Waals surface area contributed by atoms with Crippen LogP contribution in [-0.2, 0) is 0 Å². The molecule has 1 unspecified atom stereocenters. The van der Waals surface area contributed by atoms with Crippen molar-refractivity contribution in [2.75, 3.05) is 13.7 Å². The fraction of sp³-hybridized carbons (Fsp3) is 0.385. The molecule has 0 spiro atoms. The van der Waals surface area contributed by atoms with Crippen LogP contribution in [0.15, 0.2) is 12.1 Å². The van der Waals surface area contributed by atoms with Gasteiger partial charge in [0, 0.05) is 0 Å². The summed E-state index contributed by atoms with van der Waals surface area (Å²) < 4.78 is 5.31. The molecule has 1 heterocycles. The summed E-state index contributed by atoms with van der Waals surface area (Å²) in [7, 11) is 1.64. The second-order valence-corrected chi connectivity index (χ2v) is 4.40. The van der Waals surface area contributed by atoms with Gasteiger partial charge in [0.15, 0.2) is 6.19 Å². The summed E-state index contributed by atoms with van der Waals surface area (Å²) in [5.74, 6) is 0.861. The predicted molar refractivity (Wildman–Crippen MR) is 66.1 cm³/mol. The lowest BCUT2D eigenvalue weighted by Crippen LogP contribution is -2.23. The van der Waals surface area contributed by atoms with E-state index in [1.807, 2.05) is 32.2 Å². The number of nitriles is 1. The summed E-state index contributed by atoms with van der Waals surface area (Å²) in [6.07, 6.45) is 1.86. The van der Waals surface area contributed by atoms with E-state index in [0.29, 0.717) is 6.54 Å². The molecule has 1 N–H and O–H groups in total. The molecule has 2 rings (SSSR count). The van der Waals surface area contributed by atoms with E-state index in [-0.39, 0.29) is 12.1 Å². The zero-order valence-corrected chi connectivity index (χ0v) is 10.7. The number of ether oxygens (including phenoxy) is 1. The highest BCUT2D eigenvalue weighted by Gasteiger charge is 2.30. The first-order valence-corrected chi connectivity index (χ1v) is 5.69. The molecular weight excluding hydrogens is 230 g/mol. The Morgan fingerprint density at radius 2 is 2.06 bits per heavy atom. The van der Waals surface area contributed by atoms with E-state index in [9.17, 15) is 4.79 Å². The second kappa shape index (κ2) is 4.57. The van der Waals surface area contributed by atoms with Gasteiger partial charge in [0.25, 0.3) is 0 Å². The third-order valence-electron chi connectivity index (χ3n) is 3.12. The minimum atomic E-state index is -0.339. The number of benzene rings is 1. The second-order valence-electron chi connectivity index (χ2n) is 4.40. The van der Waals surface area contributed by atoms with Crippen molar-refractivity contribution in [3.8, 4) is 11.9 Å². The molecule has 1 aliphatic heterocycles. The third kappa shape index (κ3) is 1.97. The molecular formula is C13H15N3O2. The minimum absolute atomic E-state index is 0.138. The Bertz CT molecular complexity index is 511. The summed E-state index contributed by atoms with van der Waals surface area (Å²) in [4.78, 5) is 12.6. The maximum absolute atomic E-state index is 11.4. The molecule has 1 aromatic carbocycles. The van der Waals surface area contributed by atoms with Crippen LogP contribution < -0.4 is 10.1 Å². The standard InChI is InChI=1S/C13H15N3O2/c1-8-4-10(5-9(2)12(8)18-3)11-6-16(7-14)13(17)15-11/h4-5,11H,6H2,1-3H3,(H,15,17). The number of methoxy groups -OCH3 is 1. The number of nitrogens with zero attached hydrogens (tertiary/aromatic N) is 2. The monoisotopic (exact) mass is 245 g/mol. The van der Waals surface area contributed by atoms with Crippen molar-refractivity contribution in [3.63, 3.8) is 0 Å². The quantitative estimate of drug-likeness (QED) is 0.809. The average Bonchev–Trinajstić information content (AvgIpc) is 2.70. The molecule has 5 heteroatoms. The number of carbonyl (C=O) groups excluding carboxylic acids is 1. The summed E-state index contributed by atoms with van der Waals surface area (Å²) in [6.45, 7) is 4.31. The van der Waals surface area contributed by atoms with E-state index in [2.05, 4.69) is 5.32 Å². The van der Waals surface area contributed by atoms with Crippen LogP contribution in [0.2, 0.25) is 0 Å². The lowest BCUT2D eigenvalue weighted by Gasteiger charge is -2.14. The van der Waals surface area contributed by atoms with Crippen molar-refractivity contribution in [1.29, 1.82) is 5.26 Å². The largest absolute Gasteiger partial charge is 0.496 e. The highest BCUT2D eigenvalue weighted by atomic mass is 16.5. The van der Waals surface area contributed by atoms with Gasteiger partial charge in [-0.2, -0.15) is 5.26 Å². The van der Waals surface area contributed by atoms with Crippen LogP contribution in [0, 0.1) is 25.3 Å². The van der Waals surface area contributed by atoms with Gasteiger partial charge in [-0.3, -0.25) is 0 Å². The SMILES string of the molecule is COc1c(C)cc(C2CN(C#N)C(=O)N2)cc1C. The zero-order valence-electron chi connectivity index (χ0n) is 10.7. The minimum Gasteiger partial charge on any atom is -0.496 e. The predicted octanol–water partition coefficient (Wildman–Crippen LogP) is 1.86. The Labute approximate surface area is 106 Å². The highest BCUT2D eigenvalue weighted by Crippen LogP contribution is 2.29. The van der Waals surface area contributed by atoms with Crippen molar-refractivity contribution >= 4 is 6.03 Å². The number of amides is 2. The van der Waals surface area contributed by atoms with Crippen LogP contribution >= 0.6 is 0 Å². The fourth-order valence-corrected chi connectivity index (χ4v) is 2.32. The van der Waals surface area contributed by atoms with Crippen molar-refractivity contribution in [1.82, 2.24) is 10.2 Å². The van der Waals surface area contributed by atoms with E-state index in [1.165, 1.54) is 0 Å². The van der Waals surface area contributed by atoms with Gasteiger partial charge in [-0.25, -0.2) is 9.69 Å². The molecule has 1 aliphatic rings. The smallest absolute Gasteiger partial charge is 0.331 e. The first-order valence-electron chi connectivity index (χ1n) is 5.69. The number of nitrogens with one attached hydrogen (secondary N) is 1. The molecule has 1 atom stereocenters. The number of carbonyl (C=O) groups is 1. The zero-order chi connectivity index (χ0) is 13.3. The lowest BCUT2D eigenvalue weighted by molar-refractivity contribution is 0.232. The van der Waals surface area contributed by atoms with Gasteiger partial charge in [0.1, 0.15) is 5.75 Å². The fourth-order valence-electron chi connectivity index (χ4n) is 2.32. The van der Waals surface area contributed by atoms with E-state index in [0.717, 1.165) is 27.3 Å². The molecule has 1 saturated heterocycles. The molecule has 0 aliphatic carbocycles.